The molecule has 0 bridgehead atoms. The Balaban J connectivity index is 1.54. The lowest BCUT2D eigenvalue weighted by Gasteiger charge is -2.10. The Morgan fingerprint density at radius 3 is 2.82 bits per heavy atom. The summed E-state index contributed by atoms with van der Waals surface area (Å²) in [6.07, 6.45) is 3.18. The van der Waals surface area contributed by atoms with Gasteiger partial charge in [0, 0.05) is 12.0 Å². The standard InChI is InChI=1S/C14H18N2O/c17-14(12-7-4-8-15-12)16-13-9-11(13)10-5-2-1-3-6-10/h1-3,5-6,11-13,15H,4,7-9H2,(H,16,17). The van der Waals surface area contributed by atoms with Crippen molar-refractivity contribution >= 4 is 5.91 Å². The molecule has 2 fully saturated rings. The predicted molar refractivity (Wildman–Crippen MR) is 66.8 cm³/mol. The Bertz CT molecular complexity index is 398. The molecule has 1 aromatic carbocycles. The molecular weight excluding hydrogens is 212 g/mol. The number of hydrogen-bond acceptors (Lipinski definition) is 2. The van der Waals surface area contributed by atoms with Gasteiger partial charge < -0.3 is 10.6 Å². The van der Waals surface area contributed by atoms with E-state index in [1.54, 1.807) is 0 Å². The van der Waals surface area contributed by atoms with E-state index in [1.165, 1.54) is 5.56 Å². The van der Waals surface area contributed by atoms with Crippen LogP contribution < -0.4 is 10.6 Å². The van der Waals surface area contributed by atoms with Crippen LogP contribution in [0.2, 0.25) is 0 Å². The molecule has 3 nitrogen and oxygen atoms in total. The number of carbonyl (C=O) groups is 1. The van der Waals surface area contributed by atoms with Gasteiger partial charge in [-0.1, -0.05) is 30.3 Å². The average molecular weight is 230 g/mol. The van der Waals surface area contributed by atoms with Gasteiger partial charge in [-0.15, -0.1) is 0 Å². The molecule has 2 N–H and O–H groups in total. The molecule has 1 aliphatic carbocycles. The fourth-order valence-corrected chi connectivity index (χ4v) is 2.61. The van der Waals surface area contributed by atoms with Gasteiger partial charge in [0.05, 0.1) is 6.04 Å². The zero-order valence-corrected chi connectivity index (χ0v) is 9.86. The van der Waals surface area contributed by atoms with Crippen molar-refractivity contribution in [3.63, 3.8) is 0 Å². The topological polar surface area (TPSA) is 41.1 Å². The summed E-state index contributed by atoms with van der Waals surface area (Å²) in [5.41, 5.74) is 1.34. The van der Waals surface area contributed by atoms with Crippen molar-refractivity contribution in [1.29, 1.82) is 0 Å². The first kappa shape index (κ1) is 10.8. The number of carbonyl (C=O) groups excluding carboxylic acids is 1. The first-order valence-electron chi connectivity index (χ1n) is 6.43. The Kier molecular flexibility index (Phi) is 2.85. The van der Waals surface area contributed by atoms with Gasteiger partial charge in [-0.2, -0.15) is 0 Å². The predicted octanol–water partition coefficient (Wildman–Crippen LogP) is 1.41. The van der Waals surface area contributed by atoms with E-state index in [0.29, 0.717) is 12.0 Å². The largest absolute Gasteiger partial charge is 0.351 e. The first-order valence-corrected chi connectivity index (χ1v) is 6.43. The summed E-state index contributed by atoms with van der Waals surface area (Å²) >= 11 is 0. The molecule has 1 aliphatic heterocycles. The van der Waals surface area contributed by atoms with Gasteiger partial charge in [0.15, 0.2) is 0 Å². The highest BCUT2D eigenvalue weighted by molar-refractivity contribution is 5.82. The van der Waals surface area contributed by atoms with Crippen LogP contribution in [0.25, 0.3) is 0 Å². The summed E-state index contributed by atoms with van der Waals surface area (Å²) < 4.78 is 0. The van der Waals surface area contributed by atoms with Gasteiger partial charge in [-0.3, -0.25) is 4.79 Å². The Morgan fingerprint density at radius 2 is 2.12 bits per heavy atom. The summed E-state index contributed by atoms with van der Waals surface area (Å²) in [7, 11) is 0. The fraction of sp³-hybridized carbons (Fsp3) is 0.500. The molecule has 1 heterocycles. The molecule has 17 heavy (non-hydrogen) atoms. The lowest BCUT2D eigenvalue weighted by atomic mass is 10.1. The average Bonchev–Trinajstić information content (AvgIpc) is 2.92. The first-order chi connectivity index (χ1) is 8.34. The minimum atomic E-state index is 0.0482. The maximum Gasteiger partial charge on any atom is 0.237 e. The molecule has 1 saturated carbocycles. The van der Waals surface area contributed by atoms with Crippen LogP contribution in [-0.4, -0.2) is 24.5 Å². The van der Waals surface area contributed by atoms with Crippen LogP contribution in [0.15, 0.2) is 30.3 Å². The van der Waals surface area contributed by atoms with Crippen LogP contribution in [0.4, 0.5) is 0 Å². The molecule has 1 amide bonds. The summed E-state index contributed by atoms with van der Waals surface area (Å²) in [6.45, 7) is 0.977. The molecule has 3 unspecified atom stereocenters. The lowest BCUT2D eigenvalue weighted by molar-refractivity contribution is -0.122. The van der Waals surface area contributed by atoms with Gasteiger partial charge in [0.2, 0.25) is 5.91 Å². The quantitative estimate of drug-likeness (QED) is 0.824. The van der Waals surface area contributed by atoms with Crippen LogP contribution in [0.1, 0.15) is 30.7 Å². The Labute approximate surface area is 102 Å². The molecule has 0 spiro atoms. The van der Waals surface area contributed by atoms with E-state index in [0.717, 1.165) is 25.8 Å². The zero-order valence-electron chi connectivity index (χ0n) is 9.86. The monoisotopic (exact) mass is 230 g/mol. The van der Waals surface area contributed by atoms with Gasteiger partial charge >= 0.3 is 0 Å². The summed E-state index contributed by atoms with van der Waals surface area (Å²) in [4.78, 5) is 11.9. The molecule has 3 rings (SSSR count). The van der Waals surface area contributed by atoms with E-state index < -0.39 is 0 Å². The van der Waals surface area contributed by atoms with Crippen molar-refractivity contribution in [2.24, 2.45) is 0 Å². The van der Waals surface area contributed by atoms with Crippen molar-refractivity contribution in [2.45, 2.75) is 37.3 Å². The smallest absolute Gasteiger partial charge is 0.237 e. The zero-order chi connectivity index (χ0) is 11.7. The highest BCUT2D eigenvalue weighted by atomic mass is 16.2. The van der Waals surface area contributed by atoms with Gasteiger partial charge in [-0.05, 0) is 31.4 Å². The van der Waals surface area contributed by atoms with Crippen molar-refractivity contribution in [3.8, 4) is 0 Å². The molecular formula is C14H18N2O. The molecule has 3 heteroatoms. The number of hydrogen-bond donors (Lipinski definition) is 2. The third kappa shape index (κ3) is 2.34. The number of amides is 1. The van der Waals surface area contributed by atoms with E-state index >= 15 is 0 Å². The molecule has 1 aromatic rings. The van der Waals surface area contributed by atoms with Crippen LogP contribution in [0.5, 0.6) is 0 Å². The van der Waals surface area contributed by atoms with Crippen molar-refractivity contribution in [1.82, 2.24) is 10.6 Å². The molecule has 90 valence electrons. The Morgan fingerprint density at radius 1 is 1.29 bits per heavy atom. The van der Waals surface area contributed by atoms with E-state index in [9.17, 15) is 4.79 Å². The van der Waals surface area contributed by atoms with E-state index in [4.69, 9.17) is 0 Å². The second-order valence-corrected chi connectivity index (χ2v) is 5.02. The fourth-order valence-electron chi connectivity index (χ4n) is 2.61. The van der Waals surface area contributed by atoms with Crippen LogP contribution in [0, 0.1) is 0 Å². The molecule has 2 aliphatic rings. The van der Waals surface area contributed by atoms with Crippen molar-refractivity contribution < 1.29 is 4.79 Å². The number of benzene rings is 1. The third-order valence-corrected chi connectivity index (χ3v) is 3.72. The van der Waals surface area contributed by atoms with Crippen LogP contribution >= 0.6 is 0 Å². The van der Waals surface area contributed by atoms with Gasteiger partial charge in [-0.25, -0.2) is 0 Å². The van der Waals surface area contributed by atoms with Crippen LogP contribution in [0.3, 0.4) is 0 Å². The van der Waals surface area contributed by atoms with E-state index in [-0.39, 0.29) is 11.9 Å². The molecule has 3 atom stereocenters. The van der Waals surface area contributed by atoms with Crippen molar-refractivity contribution in [2.75, 3.05) is 6.54 Å². The van der Waals surface area contributed by atoms with Gasteiger partial charge in [0.25, 0.3) is 0 Å². The Hall–Kier alpha value is -1.35. The molecule has 1 saturated heterocycles. The maximum atomic E-state index is 11.9. The van der Waals surface area contributed by atoms with Crippen LogP contribution in [-0.2, 0) is 4.79 Å². The number of rotatable bonds is 3. The summed E-state index contributed by atoms with van der Waals surface area (Å²) in [6, 6.07) is 10.8. The normalized spacial score (nSPS) is 31.2. The van der Waals surface area contributed by atoms with E-state index in [1.807, 2.05) is 6.07 Å². The third-order valence-electron chi connectivity index (χ3n) is 3.72. The highest BCUT2D eigenvalue weighted by Crippen LogP contribution is 2.40. The molecule has 0 aromatic heterocycles. The minimum Gasteiger partial charge on any atom is -0.351 e. The number of nitrogens with one attached hydrogen (secondary N) is 2. The lowest BCUT2D eigenvalue weighted by Crippen LogP contribution is -2.41. The minimum absolute atomic E-state index is 0.0482. The van der Waals surface area contributed by atoms with Crippen molar-refractivity contribution in [3.05, 3.63) is 35.9 Å². The van der Waals surface area contributed by atoms with Gasteiger partial charge in [0.1, 0.15) is 0 Å². The van der Waals surface area contributed by atoms with E-state index in [2.05, 4.69) is 34.9 Å². The maximum absolute atomic E-state index is 11.9. The molecule has 0 radical (unpaired) electrons. The SMILES string of the molecule is O=C(NC1CC1c1ccccc1)C1CCCN1. The second-order valence-electron chi connectivity index (χ2n) is 5.02. The summed E-state index contributed by atoms with van der Waals surface area (Å²) in [5, 5.41) is 6.37. The summed E-state index contributed by atoms with van der Waals surface area (Å²) in [5.74, 6) is 0.715. The second kappa shape index (κ2) is 4.49. The highest BCUT2D eigenvalue weighted by Gasteiger charge is 2.40.